The van der Waals surface area contributed by atoms with Crippen LogP contribution in [0.25, 0.3) is 0 Å². The van der Waals surface area contributed by atoms with Crippen LogP contribution in [0, 0.1) is 0 Å². The van der Waals surface area contributed by atoms with Gasteiger partial charge in [-0.15, -0.1) is 0 Å². The van der Waals surface area contributed by atoms with Crippen molar-refractivity contribution in [1.29, 1.82) is 0 Å². The molecule has 0 saturated heterocycles. The number of hydrogen-bond donors (Lipinski definition) is 6. The van der Waals surface area contributed by atoms with E-state index in [-0.39, 0.29) is 53.7 Å². The molecule has 37 heavy (non-hydrogen) atoms. The highest BCUT2D eigenvalue weighted by atomic mass is 35.5. The first-order valence-corrected chi connectivity index (χ1v) is 12.4. The molecule has 0 aliphatic rings. The van der Waals surface area contributed by atoms with Gasteiger partial charge in [0.2, 0.25) is 12.3 Å². The second-order valence-corrected chi connectivity index (χ2v) is 9.58. The number of hydrogen-bond acceptors (Lipinski definition) is 6. The summed E-state index contributed by atoms with van der Waals surface area (Å²) < 4.78 is 0. The lowest BCUT2D eigenvalue weighted by Crippen LogP contribution is -2.32. The summed E-state index contributed by atoms with van der Waals surface area (Å²) in [6.45, 7) is 2.36. The van der Waals surface area contributed by atoms with Gasteiger partial charge >= 0.3 is 0 Å². The Bertz CT molecular complexity index is 1250. The van der Waals surface area contributed by atoms with Crippen molar-refractivity contribution in [2.24, 2.45) is 0 Å². The van der Waals surface area contributed by atoms with E-state index < -0.39 is 6.10 Å². The maximum Gasteiger partial charge on any atom is 0.224 e. The highest BCUT2D eigenvalue weighted by molar-refractivity contribution is 6.35. The van der Waals surface area contributed by atoms with Crippen LogP contribution in [-0.2, 0) is 29.0 Å². The molecule has 0 saturated carbocycles. The first-order valence-electron chi connectivity index (χ1n) is 11.6. The van der Waals surface area contributed by atoms with Crippen LogP contribution in [0.1, 0.15) is 35.3 Å². The lowest BCUT2D eigenvalue weighted by atomic mass is 10.0. The van der Waals surface area contributed by atoms with Crippen molar-refractivity contribution in [3.05, 3.63) is 86.9 Å². The molecule has 0 aliphatic carbocycles. The third kappa shape index (κ3) is 8.36. The van der Waals surface area contributed by atoms with Crippen molar-refractivity contribution in [3.8, 4) is 11.5 Å². The SMILES string of the molecule is C[C@H](Cc1cccc(CC(=O)NCc2cc(Cl)cc(Cl)c2O)c1)NC[C@@H](O)c1ccc(O)c(NC=O)c1. The number of phenolic OH excluding ortho intramolecular Hbond substituents is 2. The summed E-state index contributed by atoms with van der Waals surface area (Å²) in [5.41, 5.74) is 3.10. The van der Waals surface area contributed by atoms with E-state index in [1.807, 2.05) is 31.2 Å². The predicted molar refractivity (Wildman–Crippen MR) is 144 cm³/mol. The summed E-state index contributed by atoms with van der Waals surface area (Å²) in [6.07, 6.45) is 0.467. The molecule has 0 bridgehead atoms. The Morgan fingerprint density at radius 1 is 1.05 bits per heavy atom. The van der Waals surface area contributed by atoms with Crippen molar-refractivity contribution in [2.45, 2.75) is 38.5 Å². The molecule has 3 aromatic rings. The Labute approximate surface area is 225 Å². The molecule has 3 aromatic carbocycles. The number of phenols is 2. The molecule has 0 fully saturated rings. The summed E-state index contributed by atoms with van der Waals surface area (Å²) in [7, 11) is 0. The van der Waals surface area contributed by atoms with Crippen molar-refractivity contribution >= 4 is 41.2 Å². The van der Waals surface area contributed by atoms with Crippen LogP contribution >= 0.6 is 23.2 Å². The number of nitrogens with one attached hydrogen (secondary N) is 3. The number of halogens is 2. The van der Waals surface area contributed by atoms with Gasteiger partial charge < -0.3 is 31.3 Å². The Kier molecular flexibility index (Phi) is 10.2. The van der Waals surface area contributed by atoms with Gasteiger partial charge in [0, 0.05) is 29.7 Å². The molecule has 0 heterocycles. The van der Waals surface area contributed by atoms with E-state index in [4.69, 9.17) is 23.2 Å². The van der Waals surface area contributed by atoms with Crippen LogP contribution in [-0.4, -0.2) is 40.2 Å². The van der Waals surface area contributed by atoms with Gasteiger partial charge in [-0.25, -0.2) is 0 Å². The van der Waals surface area contributed by atoms with Crippen LogP contribution in [0.5, 0.6) is 11.5 Å². The molecule has 2 atom stereocenters. The van der Waals surface area contributed by atoms with Crippen LogP contribution < -0.4 is 16.0 Å². The van der Waals surface area contributed by atoms with Crippen molar-refractivity contribution in [2.75, 3.05) is 11.9 Å². The van der Waals surface area contributed by atoms with Gasteiger partial charge in [0.15, 0.2) is 0 Å². The lowest BCUT2D eigenvalue weighted by molar-refractivity contribution is -0.120. The van der Waals surface area contributed by atoms with Crippen LogP contribution in [0.4, 0.5) is 5.69 Å². The van der Waals surface area contributed by atoms with Crippen molar-refractivity contribution in [1.82, 2.24) is 10.6 Å². The summed E-state index contributed by atoms with van der Waals surface area (Å²) in [4.78, 5) is 23.1. The summed E-state index contributed by atoms with van der Waals surface area (Å²) >= 11 is 11.9. The molecule has 196 valence electrons. The minimum absolute atomic E-state index is 0.0268. The number of carbonyl (C=O) groups is 2. The average Bonchev–Trinajstić information content (AvgIpc) is 2.85. The Balaban J connectivity index is 1.50. The Morgan fingerprint density at radius 3 is 2.57 bits per heavy atom. The molecular formula is C27H29Cl2N3O5. The highest BCUT2D eigenvalue weighted by Gasteiger charge is 2.14. The smallest absolute Gasteiger partial charge is 0.224 e. The van der Waals surface area contributed by atoms with E-state index in [2.05, 4.69) is 16.0 Å². The standard InChI is InChI=1S/C27H29Cl2N3O5/c1-16(30-14-25(35)19-5-6-24(34)23(11-19)32-15-33)7-17-3-2-4-18(8-17)9-26(36)31-13-20-10-21(28)12-22(29)27(20)37/h2-6,8,10-12,15-16,25,30,34-35,37H,7,9,13-14H2,1H3,(H,31,36)(H,32,33)/t16-,25-/m1/s1. The van der Waals surface area contributed by atoms with E-state index in [1.165, 1.54) is 18.2 Å². The van der Waals surface area contributed by atoms with Gasteiger partial charge in [0.05, 0.1) is 23.2 Å². The number of aliphatic hydroxyl groups is 1. The van der Waals surface area contributed by atoms with Crippen LogP contribution in [0.2, 0.25) is 10.0 Å². The number of benzene rings is 3. The molecule has 0 aliphatic heterocycles. The van der Waals surface area contributed by atoms with Crippen LogP contribution in [0.15, 0.2) is 54.6 Å². The van der Waals surface area contributed by atoms with Gasteiger partial charge in [-0.2, -0.15) is 0 Å². The first kappa shape index (κ1) is 28.3. The van der Waals surface area contributed by atoms with Gasteiger partial charge in [-0.1, -0.05) is 53.5 Å². The molecule has 0 radical (unpaired) electrons. The van der Waals surface area contributed by atoms with E-state index >= 15 is 0 Å². The Hall–Kier alpha value is -3.30. The molecule has 0 unspecified atom stereocenters. The molecule has 0 aromatic heterocycles. The second-order valence-electron chi connectivity index (χ2n) is 8.74. The Morgan fingerprint density at radius 2 is 1.81 bits per heavy atom. The number of aromatic hydroxyl groups is 2. The minimum atomic E-state index is -0.834. The van der Waals surface area contributed by atoms with E-state index in [0.717, 1.165) is 11.1 Å². The zero-order valence-corrected chi connectivity index (χ0v) is 21.7. The second kappa shape index (κ2) is 13.3. The number of anilines is 1. The van der Waals surface area contributed by atoms with Gasteiger partial charge in [-0.3, -0.25) is 9.59 Å². The fourth-order valence-electron chi connectivity index (χ4n) is 3.86. The quantitative estimate of drug-likeness (QED) is 0.150. The van der Waals surface area contributed by atoms with E-state index in [1.54, 1.807) is 12.1 Å². The molecule has 6 N–H and O–H groups in total. The fourth-order valence-corrected chi connectivity index (χ4v) is 4.39. The monoisotopic (exact) mass is 545 g/mol. The van der Waals surface area contributed by atoms with Gasteiger partial charge in [0.25, 0.3) is 0 Å². The lowest BCUT2D eigenvalue weighted by Gasteiger charge is -2.18. The molecule has 2 amide bonds. The number of aliphatic hydroxyl groups excluding tert-OH is 1. The first-order chi connectivity index (χ1) is 17.7. The van der Waals surface area contributed by atoms with Gasteiger partial charge in [0.1, 0.15) is 11.5 Å². The van der Waals surface area contributed by atoms with Crippen molar-refractivity contribution < 1.29 is 24.9 Å². The molecule has 8 nitrogen and oxygen atoms in total. The molecule has 10 heteroatoms. The summed E-state index contributed by atoms with van der Waals surface area (Å²) in [5.74, 6) is -0.396. The predicted octanol–water partition coefficient (Wildman–Crippen LogP) is 4.09. The number of amides is 2. The average molecular weight is 546 g/mol. The minimum Gasteiger partial charge on any atom is -0.506 e. The molecule has 0 spiro atoms. The van der Waals surface area contributed by atoms with E-state index in [0.29, 0.717) is 29.0 Å². The molecular weight excluding hydrogens is 517 g/mol. The summed E-state index contributed by atoms with van der Waals surface area (Å²) in [6, 6.07) is 15.2. The third-order valence-corrected chi connectivity index (χ3v) is 6.27. The van der Waals surface area contributed by atoms with Gasteiger partial charge in [-0.05, 0) is 54.3 Å². The normalized spacial score (nSPS) is 12.5. The third-order valence-electron chi connectivity index (χ3n) is 5.76. The zero-order chi connectivity index (χ0) is 26.9. The number of rotatable bonds is 12. The zero-order valence-electron chi connectivity index (χ0n) is 20.2. The van der Waals surface area contributed by atoms with E-state index in [9.17, 15) is 24.9 Å². The number of carbonyl (C=O) groups excluding carboxylic acids is 2. The highest BCUT2D eigenvalue weighted by Crippen LogP contribution is 2.31. The summed E-state index contributed by atoms with van der Waals surface area (Å²) in [5, 5.41) is 39.3. The maximum atomic E-state index is 12.5. The maximum absolute atomic E-state index is 12.5. The van der Waals surface area contributed by atoms with Crippen LogP contribution in [0.3, 0.4) is 0 Å². The topological polar surface area (TPSA) is 131 Å². The largest absolute Gasteiger partial charge is 0.506 e. The fraction of sp³-hybridized carbons (Fsp3) is 0.259. The molecule has 3 rings (SSSR count). The van der Waals surface area contributed by atoms with Crippen molar-refractivity contribution in [3.63, 3.8) is 0 Å².